The topological polar surface area (TPSA) is 0 Å². The second-order valence-electron chi connectivity index (χ2n) is 4.41. The highest BCUT2D eigenvalue weighted by molar-refractivity contribution is 6.67. The minimum atomic E-state index is -1.78. The van der Waals surface area contributed by atoms with Crippen LogP contribution in [-0.2, 0) is 0 Å². The van der Waals surface area contributed by atoms with Crippen molar-refractivity contribution < 1.29 is 30.7 Å². The molecule has 0 nitrogen and oxygen atoms in total. The molecule has 21 heavy (non-hydrogen) atoms. The van der Waals surface area contributed by atoms with Crippen molar-refractivity contribution in [1.29, 1.82) is 0 Å². The predicted molar refractivity (Wildman–Crippen MR) is 63.7 cm³/mol. The van der Waals surface area contributed by atoms with E-state index in [0.29, 0.717) is 6.07 Å². The minimum absolute atomic E-state index is 0.0311. The summed E-state index contributed by atoms with van der Waals surface area (Å²) in [5.41, 5.74) is -2.57. The number of rotatable bonds is 2. The number of halogens is 7. The molecule has 0 bridgehead atoms. The van der Waals surface area contributed by atoms with Crippen LogP contribution < -0.4 is 10.9 Å². The predicted octanol–water partition coefficient (Wildman–Crippen LogP) is 2.36. The summed E-state index contributed by atoms with van der Waals surface area (Å²) >= 11 is 0. The van der Waals surface area contributed by atoms with Crippen LogP contribution in [0.2, 0.25) is 0 Å². The van der Waals surface area contributed by atoms with Crippen LogP contribution in [-0.4, -0.2) is 7.28 Å². The maximum Gasteiger partial charge on any atom is 0.208 e. The fourth-order valence-electron chi connectivity index (χ4n) is 1.87. The molecular formula is C13H6BF7. The molecule has 0 amide bonds. The quantitative estimate of drug-likeness (QED) is 0.454. The molecule has 0 aliphatic rings. The molecule has 0 spiro atoms. The van der Waals surface area contributed by atoms with Gasteiger partial charge in [-0.3, -0.25) is 0 Å². The standard InChI is InChI=1S/C13H6BF7/c1-4-2-5(15)8(13(21)10(4)18)14-9-11(19)6(16)3-7(17)12(9)20/h2-3,14H,1H3. The molecule has 0 N–H and O–H groups in total. The molecule has 0 aliphatic carbocycles. The van der Waals surface area contributed by atoms with Gasteiger partial charge < -0.3 is 0 Å². The first kappa shape index (κ1) is 15.4. The second-order valence-corrected chi connectivity index (χ2v) is 4.41. The van der Waals surface area contributed by atoms with Gasteiger partial charge in [-0.25, -0.2) is 30.7 Å². The van der Waals surface area contributed by atoms with E-state index in [9.17, 15) is 30.7 Å². The van der Waals surface area contributed by atoms with Crippen LogP contribution in [0.25, 0.3) is 0 Å². The average molecular weight is 306 g/mol. The highest BCUT2D eigenvalue weighted by Gasteiger charge is 2.25. The molecule has 110 valence electrons. The van der Waals surface area contributed by atoms with Crippen LogP contribution in [0.3, 0.4) is 0 Å². The summed E-state index contributed by atoms with van der Waals surface area (Å²) in [6.45, 7) is 1.09. The summed E-state index contributed by atoms with van der Waals surface area (Å²) in [6.07, 6.45) is 0. The Kier molecular flexibility index (Phi) is 3.98. The fraction of sp³-hybridized carbons (Fsp3) is 0.0769. The zero-order chi connectivity index (χ0) is 15.9. The van der Waals surface area contributed by atoms with Gasteiger partial charge in [-0.2, -0.15) is 0 Å². The van der Waals surface area contributed by atoms with E-state index in [0.717, 1.165) is 6.92 Å². The molecule has 0 heterocycles. The van der Waals surface area contributed by atoms with Crippen LogP contribution in [0.15, 0.2) is 12.1 Å². The van der Waals surface area contributed by atoms with Gasteiger partial charge in [0.05, 0.1) is 0 Å². The third-order valence-electron chi connectivity index (χ3n) is 2.99. The van der Waals surface area contributed by atoms with Crippen molar-refractivity contribution >= 4 is 18.2 Å². The smallest absolute Gasteiger partial charge is 0.207 e. The first-order valence-electron chi connectivity index (χ1n) is 5.68. The van der Waals surface area contributed by atoms with Gasteiger partial charge in [0.15, 0.2) is 34.9 Å². The zero-order valence-electron chi connectivity index (χ0n) is 10.5. The Bertz CT molecular complexity index is 701. The van der Waals surface area contributed by atoms with E-state index in [4.69, 9.17) is 0 Å². The molecule has 0 unspecified atom stereocenters. The third-order valence-corrected chi connectivity index (χ3v) is 2.99. The Morgan fingerprint density at radius 1 is 0.619 bits per heavy atom. The number of aryl methyl sites for hydroxylation is 1. The molecule has 2 aromatic rings. The van der Waals surface area contributed by atoms with Crippen LogP contribution in [0.5, 0.6) is 0 Å². The van der Waals surface area contributed by atoms with Gasteiger partial charge in [0, 0.05) is 6.07 Å². The van der Waals surface area contributed by atoms with Crippen molar-refractivity contribution in [2.24, 2.45) is 0 Å². The van der Waals surface area contributed by atoms with Gasteiger partial charge in [0.1, 0.15) is 5.82 Å². The number of hydrogen-bond acceptors (Lipinski definition) is 0. The zero-order valence-corrected chi connectivity index (χ0v) is 10.5. The van der Waals surface area contributed by atoms with Crippen LogP contribution >= 0.6 is 0 Å². The molecule has 0 aromatic heterocycles. The third kappa shape index (κ3) is 2.62. The summed E-state index contributed by atoms with van der Waals surface area (Å²) in [5.74, 6) is -11.3. The van der Waals surface area contributed by atoms with Gasteiger partial charge >= 0.3 is 0 Å². The van der Waals surface area contributed by atoms with E-state index < -0.39 is 58.9 Å². The molecule has 0 saturated heterocycles. The van der Waals surface area contributed by atoms with Crippen LogP contribution in [0.1, 0.15) is 5.56 Å². The summed E-state index contributed by atoms with van der Waals surface area (Å²) in [7, 11) is -1.17. The van der Waals surface area contributed by atoms with Gasteiger partial charge in [0.2, 0.25) is 7.28 Å². The van der Waals surface area contributed by atoms with Gasteiger partial charge in [-0.1, -0.05) is 0 Å². The first-order chi connectivity index (χ1) is 9.73. The van der Waals surface area contributed by atoms with Gasteiger partial charge in [-0.05, 0) is 29.5 Å². The van der Waals surface area contributed by atoms with E-state index >= 15 is 0 Å². The highest BCUT2D eigenvalue weighted by Crippen LogP contribution is 2.13. The molecule has 8 heteroatoms. The van der Waals surface area contributed by atoms with Crippen molar-refractivity contribution in [3.63, 3.8) is 0 Å². The lowest BCUT2D eigenvalue weighted by Gasteiger charge is -2.09. The van der Waals surface area contributed by atoms with E-state index in [1.165, 1.54) is 0 Å². The first-order valence-corrected chi connectivity index (χ1v) is 5.68. The summed E-state index contributed by atoms with van der Waals surface area (Å²) in [6, 6.07) is 0.593. The van der Waals surface area contributed by atoms with Crippen molar-refractivity contribution in [2.75, 3.05) is 0 Å². The Hall–Kier alpha value is -1.99. The molecule has 0 radical (unpaired) electrons. The number of benzene rings is 2. The monoisotopic (exact) mass is 306 g/mol. The molecule has 0 atom stereocenters. The Labute approximate surface area is 115 Å². The lowest BCUT2D eigenvalue weighted by molar-refractivity contribution is 0.463. The second kappa shape index (κ2) is 5.42. The molecule has 0 saturated carbocycles. The Balaban J connectivity index is 2.62. The molecule has 0 aliphatic heterocycles. The van der Waals surface area contributed by atoms with Crippen molar-refractivity contribution in [2.45, 2.75) is 6.92 Å². The molecule has 2 aromatic carbocycles. The Morgan fingerprint density at radius 3 is 1.67 bits per heavy atom. The number of hydrogen-bond donors (Lipinski definition) is 0. The molecule has 2 rings (SSSR count). The van der Waals surface area contributed by atoms with E-state index in [1.807, 2.05) is 0 Å². The Morgan fingerprint density at radius 2 is 1.14 bits per heavy atom. The van der Waals surface area contributed by atoms with Crippen LogP contribution in [0, 0.1) is 47.6 Å². The lowest BCUT2D eigenvalue weighted by Crippen LogP contribution is -2.38. The minimum Gasteiger partial charge on any atom is -0.207 e. The van der Waals surface area contributed by atoms with Gasteiger partial charge in [-0.15, -0.1) is 0 Å². The summed E-state index contributed by atoms with van der Waals surface area (Å²) < 4.78 is 93.5. The normalized spacial score (nSPS) is 10.9. The van der Waals surface area contributed by atoms with Gasteiger partial charge in [0.25, 0.3) is 0 Å². The highest BCUT2D eigenvalue weighted by atomic mass is 19.2. The average Bonchev–Trinajstić information content (AvgIpc) is 2.42. The fourth-order valence-corrected chi connectivity index (χ4v) is 1.87. The van der Waals surface area contributed by atoms with Crippen LogP contribution in [0.4, 0.5) is 30.7 Å². The molecule has 0 fully saturated rings. The summed E-state index contributed by atoms with van der Waals surface area (Å²) in [4.78, 5) is 0. The largest absolute Gasteiger partial charge is 0.208 e. The summed E-state index contributed by atoms with van der Waals surface area (Å²) in [5, 5.41) is 0. The maximum absolute atomic E-state index is 13.6. The SMILES string of the molecule is Cc1cc(F)c(Bc2c(F)c(F)cc(F)c2F)c(F)c1F. The van der Waals surface area contributed by atoms with E-state index in [2.05, 4.69) is 0 Å². The van der Waals surface area contributed by atoms with E-state index in [-0.39, 0.29) is 11.6 Å². The van der Waals surface area contributed by atoms with E-state index in [1.54, 1.807) is 0 Å². The lowest BCUT2D eigenvalue weighted by atomic mass is 9.62. The molecular weight excluding hydrogens is 300 g/mol. The van der Waals surface area contributed by atoms with Crippen molar-refractivity contribution in [1.82, 2.24) is 0 Å². The van der Waals surface area contributed by atoms with Crippen molar-refractivity contribution in [3.8, 4) is 0 Å². The van der Waals surface area contributed by atoms with Crippen molar-refractivity contribution in [3.05, 3.63) is 58.4 Å². The maximum atomic E-state index is 13.6.